The Morgan fingerprint density at radius 2 is 1.71 bits per heavy atom. The molecule has 136 valence electrons. The highest BCUT2D eigenvalue weighted by atomic mass is 32.2. The monoisotopic (exact) mass is 368 g/mol. The maximum Gasteiger partial charge on any atom is 0.192 e. The van der Waals surface area contributed by atoms with Gasteiger partial charge in [0.2, 0.25) is 0 Å². The van der Waals surface area contributed by atoms with Crippen molar-refractivity contribution in [2.75, 3.05) is 7.11 Å². The molecule has 5 heteroatoms. The molecule has 2 atom stereocenters. The van der Waals surface area contributed by atoms with E-state index in [1.54, 1.807) is 18.9 Å². The molecule has 0 aromatic heterocycles. The van der Waals surface area contributed by atoms with Gasteiger partial charge in [0.15, 0.2) is 8.32 Å². The van der Waals surface area contributed by atoms with Crippen LogP contribution >= 0.6 is 11.8 Å². The Hall–Kier alpha value is -0.783. The number of hydrogen-bond acceptors (Lipinski definition) is 4. The van der Waals surface area contributed by atoms with Crippen molar-refractivity contribution >= 4 is 25.9 Å². The fraction of sp³-hybridized carbons (Fsp3) is 0.632. The molecule has 0 bridgehead atoms. The maximum atomic E-state index is 12.0. The molecule has 0 saturated heterocycles. The van der Waals surface area contributed by atoms with Gasteiger partial charge in [-0.05, 0) is 42.4 Å². The van der Waals surface area contributed by atoms with E-state index in [0.717, 1.165) is 10.6 Å². The van der Waals surface area contributed by atoms with E-state index >= 15 is 0 Å². The second-order valence-corrected chi connectivity index (χ2v) is 13.8. The lowest BCUT2D eigenvalue weighted by molar-refractivity contribution is -0.117. The minimum atomic E-state index is -1.86. The summed E-state index contributed by atoms with van der Waals surface area (Å²) in [5, 5.41) is 0.374. The van der Waals surface area contributed by atoms with Gasteiger partial charge in [-0.15, -0.1) is 11.8 Å². The molecule has 1 aliphatic carbocycles. The zero-order valence-electron chi connectivity index (χ0n) is 15.0. The van der Waals surface area contributed by atoms with Gasteiger partial charge in [-0.2, -0.15) is 0 Å². The first-order valence-electron chi connectivity index (χ1n) is 8.12. The second kappa shape index (κ2) is 8.06. The third-order valence-corrected chi connectivity index (χ3v) is 10.7. The molecule has 1 fully saturated rings. The molecule has 1 saturated carbocycles. The van der Waals surface area contributed by atoms with Gasteiger partial charge in [-0.25, -0.2) is 0 Å². The van der Waals surface area contributed by atoms with Gasteiger partial charge in [0.05, 0.1) is 13.2 Å². The van der Waals surface area contributed by atoms with Crippen molar-refractivity contribution in [2.24, 2.45) is 0 Å². The molecule has 0 spiro atoms. The highest BCUT2D eigenvalue weighted by molar-refractivity contribution is 8.00. The first-order chi connectivity index (χ1) is 10.6. The molecular weight excluding hydrogens is 336 g/mol. The average molecular weight is 369 g/mol. The van der Waals surface area contributed by atoms with Crippen LogP contribution in [0.25, 0.3) is 0 Å². The first kappa shape index (κ1) is 21.3. The molecular formula is C19H32O3SSi. The molecule has 24 heavy (non-hydrogen) atoms. The van der Waals surface area contributed by atoms with Crippen LogP contribution < -0.4 is 4.74 Å². The van der Waals surface area contributed by atoms with Crippen molar-refractivity contribution in [3.05, 3.63) is 24.3 Å². The van der Waals surface area contributed by atoms with E-state index in [0.29, 0.717) is 18.6 Å². The van der Waals surface area contributed by atoms with Crippen LogP contribution in [0.3, 0.4) is 0 Å². The summed E-state index contributed by atoms with van der Waals surface area (Å²) in [5.74, 6) is 1.17. The highest BCUT2D eigenvalue weighted by Gasteiger charge is 2.43. The van der Waals surface area contributed by atoms with Crippen molar-refractivity contribution in [1.29, 1.82) is 0 Å². The summed E-state index contributed by atoms with van der Waals surface area (Å²) in [6.07, 6.45) is 1.20. The van der Waals surface area contributed by atoms with Crippen molar-refractivity contribution in [1.82, 2.24) is 0 Å². The molecule has 0 unspecified atom stereocenters. The number of methoxy groups -OCH3 is 1. The van der Waals surface area contributed by atoms with Crippen LogP contribution in [0.15, 0.2) is 29.2 Å². The number of ether oxygens (including phenoxy) is 1. The second-order valence-electron chi connectivity index (χ2n) is 7.70. The Labute approximate surface area is 152 Å². The Kier molecular flexibility index (Phi) is 7.14. The topological polar surface area (TPSA) is 35.5 Å². The average Bonchev–Trinajstić information content (AvgIpc) is 2.77. The summed E-state index contributed by atoms with van der Waals surface area (Å²) < 4.78 is 11.7. The summed E-state index contributed by atoms with van der Waals surface area (Å²) in [4.78, 5) is 13.2. The van der Waals surface area contributed by atoms with Gasteiger partial charge in [0, 0.05) is 23.0 Å². The Morgan fingerprint density at radius 3 is 2.21 bits per heavy atom. The number of rotatable bonds is 5. The van der Waals surface area contributed by atoms with E-state index < -0.39 is 8.32 Å². The Morgan fingerprint density at radius 1 is 1.12 bits per heavy atom. The van der Waals surface area contributed by atoms with E-state index in [9.17, 15) is 4.79 Å². The zero-order chi connectivity index (χ0) is 17.3. The summed E-state index contributed by atoms with van der Waals surface area (Å²) in [6, 6.07) is 8.02. The number of Topliss-reactive ketones (excluding diaryl/α,β-unsaturated/α-hetero) is 1. The smallest absolute Gasteiger partial charge is 0.192 e. The minimum absolute atomic E-state index is 0. The Balaban J connectivity index is 0.00000288. The van der Waals surface area contributed by atoms with Crippen LogP contribution in [-0.4, -0.2) is 32.6 Å². The van der Waals surface area contributed by atoms with Crippen molar-refractivity contribution < 1.29 is 14.0 Å². The molecule has 2 rings (SSSR count). The van der Waals surface area contributed by atoms with Crippen LogP contribution in [0, 0.1) is 0 Å². The molecule has 1 aliphatic rings. The van der Waals surface area contributed by atoms with Crippen molar-refractivity contribution in [3.8, 4) is 5.75 Å². The predicted molar refractivity (Wildman–Crippen MR) is 106 cm³/mol. The minimum Gasteiger partial charge on any atom is -0.497 e. The number of hydrogen-bond donors (Lipinski definition) is 0. The molecule has 0 heterocycles. The van der Waals surface area contributed by atoms with Crippen LogP contribution in [0.1, 0.15) is 41.0 Å². The SMILES string of the molecule is C.COc1ccc(S[C@H]2CC(=O)C[C@@H]2O[Si](C)(C)C(C)(C)C)cc1. The molecule has 0 N–H and O–H groups in total. The lowest BCUT2D eigenvalue weighted by atomic mass is 10.2. The molecule has 0 aliphatic heterocycles. The summed E-state index contributed by atoms with van der Waals surface area (Å²) in [6.45, 7) is 11.2. The van der Waals surface area contributed by atoms with Gasteiger partial charge in [-0.1, -0.05) is 28.2 Å². The molecule has 3 nitrogen and oxygen atoms in total. The molecule has 0 amide bonds. The third kappa shape index (κ3) is 5.10. The molecule has 1 aromatic carbocycles. The zero-order valence-corrected chi connectivity index (χ0v) is 16.8. The van der Waals surface area contributed by atoms with Crippen LogP contribution in [0.5, 0.6) is 5.75 Å². The first-order valence-corrected chi connectivity index (χ1v) is 11.9. The van der Waals surface area contributed by atoms with Gasteiger partial charge >= 0.3 is 0 Å². The highest BCUT2D eigenvalue weighted by Crippen LogP contribution is 2.42. The lowest BCUT2D eigenvalue weighted by Gasteiger charge is -2.39. The largest absolute Gasteiger partial charge is 0.497 e. The predicted octanol–water partition coefficient (Wildman–Crippen LogP) is 5.55. The summed E-state index contributed by atoms with van der Waals surface area (Å²) in [7, 11) is -0.191. The van der Waals surface area contributed by atoms with Crippen LogP contribution in [0.4, 0.5) is 0 Å². The maximum absolute atomic E-state index is 12.0. The summed E-state index contributed by atoms with van der Waals surface area (Å²) >= 11 is 1.75. The molecule has 1 aromatic rings. The fourth-order valence-electron chi connectivity index (χ4n) is 2.41. The third-order valence-electron chi connectivity index (χ3n) is 4.87. The number of thioether (sulfide) groups is 1. The van der Waals surface area contributed by atoms with Crippen molar-refractivity contribution in [2.45, 2.75) is 75.4 Å². The quantitative estimate of drug-likeness (QED) is 0.639. The standard InChI is InChI=1S/C18H28O3SSi.CH4/c1-18(2,3)23(5,6)21-16-11-13(19)12-17(16)22-15-9-7-14(20-4)8-10-15;/h7-10,16-17H,11-12H2,1-6H3;1H4/t16-,17-;/m0./s1. The fourth-order valence-corrected chi connectivity index (χ4v) is 5.09. The van der Waals surface area contributed by atoms with Gasteiger partial charge in [-0.3, -0.25) is 4.79 Å². The Bertz CT molecular complexity index is 549. The normalized spacial score (nSPS) is 21.5. The number of carbonyl (C=O) groups is 1. The lowest BCUT2D eigenvalue weighted by Crippen LogP contribution is -2.45. The van der Waals surface area contributed by atoms with Crippen molar-refractivity contribution in [3.63, 3.8) is 0 Å². The van der Waals surface area contributed by atoms with Gasteiger partial charge in [0.1, 0.15) is 11.5 Å². The van der Waals surface area contributed by atoms with Gasteiger partial charge in [0.25, 0.3) is 0 Å². The summed E-state index contributed by atoms with van der Waals surface area (Å²) in [5.41, 5.74) is 0. The van der Waals surface area contributed by atoms with E-state index in [-0.39, 0.29) is 23.8 Å². The van der Waals surface area contributed by atoms with Gasteiger partial charge < -0.3 is 9.16 Å². The van der Waals surface area contributed by atoms with E-state index in [4.69, 9.17) is 9.16 Å². The van der Waals surface area contributed by atoms with E-state index in [2.05, 4.69) is 46.0 Å². The number of ketones is 1. The van der Waals surface area contributed by atoms with Crippen LogP contribution in [0.2, 0.25) is 18.1 Å². The number of benzene rings is 1. The number of carbonyl (C=O) groups excluding carboxylic acids is 1. The molecule has 0 radical (unpaired) electrons. The van der Waals surface area contributed by atoms with Crippen LogP contribution in [-0.2, 0) is 9.22 Å². The van der Waals surface area contributed by atoms with E-state index in [1.165, 1.54) is 0 Å². The van der Waals surface area contributed by atoms with E-state index in [1.807, 2.05) is 12.1 Å².